The van der Waals surface area contributed by atoms with E-state index in [1.54, 1.807) is 25.1 Å². The molecule has 0 bridgehead atoms. The third-order valence-electron chi connectivity index (χ3n) is 4.03. The average molecular weight is 363 g/mol. The fourth-order valence-electron chi connectivity index (χ4n) is 2.78. The van der Waals surface area contributed by atoms with Crippen LogP contribution in [0.2, 0.25) is 0 Å². The molecule has 0 radical (unpaired) electrons. The van der Waals surface area contributed by atoms with Crippen LogP contribution in [0.3, 0.4) is 0 Å². The second-order valence-corrected chi connectivity index (χ2v) is 7.47. The van der Waals surface area contributed by atoms with E-state index in [-0.39, 0.29) is 6.42 Å². The summed E-state index contributed by atoms with van der Waals surface area (Å²) >= 11 is 0. The molecule has 0 fully saturated rings. The van der Waals surface area contributed by atoms with Crippen molar-refractivity contribution in [3.05, 3.63) is 54.1 Å². The highest BCUT2D eigenvalue weighted by Crippen LogP contribution is 2.35. The standard InChI is InChI=1S/C18H21NO5S/c1-4-18(17(20)21,19-25(3,22)23)14-10-11-15(16(12-14)24-2)13-8-6-5-7-9-13/h5-12,19H,4H2,1-3H3,(H,20,21). The maximum absolute atomic E-state index is 11.9. The van der Waals surface area contributed by atoms with E-state index < -0.39 is 21.5 Å². The van der Waals surface area contributed by atoms with Crippen molar-refractivity contribution in [1.82, 2.24) is 4.72 Å². The van der Waals surface area contributed by atoms with E-state index in [4.69, 9.17) is 4.74 Å². The zero-order chi connectivity index (χ0) is 18.7. The summed E-state index contributed by atoms with van der Waals surface area (Å²) in [4.78, 5) is 11.9. The Morgan fingerprint density at radius 3 is 2.32 bits per heavy atom. The molecule has 0 amide bonds. The van der Waals surface area contributed by atoms with E-state index in [1.807, 2.05) is 30.3 Å². The van der Waals surface area contributed by atoms with Crippen molar-refractivity contribution in [1.29, 1.82) is 0 Å². The van der Waals surface area contributed by atoms with E-state index in [1.165, 1.54) is 7.11 Å². The van der Waals surface area contributed by atoms with Gasteiger partial charge in [-0.15, -0.1) is 0 Å². The molecule has 0 spiro atoms. The molecule has 0 aliphatic carbocycles. The molecule has 2 rings (SSSR count). The van der Waals surface area contributed by atoms with Crippen LogP contribution < -0.4 is 9.46 Å². The van der Waals surface area contributed by atoms with Gasteiger partial charge in [0.2, 0.25) is 10.0 Å². The lowest BCUT2D eigenvalue weighted by Crippen LogP contribution is -2.51. The molecule has 7 heteroatoms. The van der Waals surface area contributed by atoms with Gasteiger partial charge in [-0.05, 0) is 23.6 Å². The lowest BCUT2D eigenvalue weighted by atomic mass is 9.87. The van der Waals surface area contributed by atoms with Crippen LogP contribution in [0.5, 0.6) is 5.75 Å². The van der Waals surface area contributed by atoms with Gasteiger partial charge in [-0.1, -0.05) is 49.4 Å². The molecule has 25 heavy (non-hydrogen) atoms. The molecule has 2 aromatic carbocycles. The molecular formula is C18H21NO5S. The number of sulfonamides is 1. The summed E-state index contributed by atoms with van der Waals surface area (Å²) in [7, 11) is -2.25. The van der Waals surface area contributed by atoms with Crippen LogP contribution in [0.15, 0.2) is 48.5 Å². The minimum absolute atomic E-state index is 0.0449. The Labute approximate surface area is 147 Å². The Morgan fingerprint density at radius 2 is 1.84 bits per heavy atom. The topological polar surface area (TPSA) is 92.7 Å². The number of rotatable bonds is 7. The fourth-order valence-corrected chi connectivity index (χ4v) is 3.77. The highest BCUT2D eigenvalue weighted by Gasteiger charge is 2.41. The van der Waals surface area contributed by atoms with Gasteiger partial charge in [0.25, 0.3) is 0 Å². The smallest absolute Gasteiger partial charge is 0.329 e. The minimum Gasteiger partial charge on any atom is -0.496 e. The maximum atomic E-state index is 11.9. The largest absolute Gasteiger partial charge is 0.496 e. The molecule has 0 saturated heterocycles. The molecular weight excluding hydrogens is 342 g/mol. The normalized spacial score (nSPS) is 13.9. The molecule has 1 unspecified atom stereocenters. The average Bonchev–Trinajstić information content (AvgIpc) is 2.58. The number of methoxy groups -OCH3 is 1. The lowest BCUT2D eigenvalue weighted by Gasteiger charge is -2.29. The first kappa shape index (κ1) is 19.0. The number of carboxylic acid groups (broad SMARTS) is 1. The van der Waals surface area contributed by atoms with Gasteiger partial charge < -0.3 is 9.84 Å². The van der Waals surface area contributed by atoms with Gasteiger partial charge in [-0.3, -0.25) is 0 Å². The van der Waals surface area contributed by atoms with E-state index in [9.17, 15) is 18.3 Å². The molecule has 2 N–H and O–H groups in total. The van der Waals surface area contributed by atoms with E-state index >= 15 is 0 Å². The van der Waals surface area contributed by atoms with Gasteiger partial charge in [0.05, 0.1) is 13.4 Å². The van der Waals surface area contributed by atoms with Crippen molar-refractivity contribution < 1.29 is 23.1 Å². The quantitative estimate of drug-likeness (QED) is 0.789. The van der Waals surface area contributed by atoms with Crippen molar-refractivity contribution in [2.45, 2.75) is 18.9 Å². The number of carbonyl (C=O) groups is 1. The van der Waals surface area contributed by atoms with E-state index in [0.717, 1.165) is 17.4 Å². The van der Waals surface area contributed by atoms with Gasteiger partial charge in [-0.25, -0.2) is 13.2 Å². The maximum Gasteiger partial charge on any atom is 0.329 e. The fraction of sp³-hybridized carbons (Fsp3) is 0.278. The third-order valence-corrected chi connectivity index (χ3v) is 4.75. The summed E-state index contributed by atoms with van der Waals surface area (Å²) in [6, 6.07) is 14.4. The van der Waals surface area contributed by atoms with Gasteiger partial charge in [0.1, 0.15) is 5.75 Å². The molecule has 1 atom stereocenters. The number of nitrogens with one attached hydrogen (secondary N) is 1. The summed E-state index contributed by atoms with van der Waals surface area (Å²) in [5, 5.41) is 9.72. The summed E-state index contributed by atoms with van der Waals surface area (Å²) < 4.78 is 31.1. The van der Waals surface area contributed by atoms with Crippen LogP contribution in [-0.4, -0.2) is 32.9 Å². The summed E-state index contributed by atoms with van der Waals surface area (Å²) in [6.07, 6.45) is 0.985. The van der Waals surface area contributed by atoms with Crippen LogP contribution in [0.4, 0.5) is 0 Å². The van der Waals surface area contributed by atoms with Crippen LogP contribution in [0.1, 0.15) is 18.9 Å². The molecule has 2 aromatic rings. The number of aliphatic carboxylic acids is 1. The second kappa shape index (κ2) is 7.25. The van der Waals surface area contributed by atoms with E-state index in [0.29, 0.717) is 11.3 Å². The second-order valence-electron chi connectivity index (χ2n) is 5.72. The van der Waals surface area contributed by atoms with Crippen LogP contribution in [-0.2, 0) is 20.4 Å². The Morgan fingerprint density at radius 1 is 1.20 bits per heavy atom. The summed E-state index contributed by atoms with van der Waals surface area (Å²) in [5.41, 5.74) is 0.265. The highest BCUT2D eigenvalue weighted by molar-refractivity contribution is 7.88. The summed E-state index contributed by atoms with van der Waals surface area (Å²) in [5.74, 6) is -0.798. The SMILES string of the molecule is CCC(NS(C)(=O)=O)(C(=O)O)c1ccc(-c2ccccc2)c(OC)c1. The first-order chi connectivity index (χ1) is 11.7. The Bertz CT molecular complexity index is 864. The molecule has 134 valence electrons. The monoisotopic (exact) mass is 363 g/mol. The van der Waals surface area contributed by atoms with Crippen LogP contribution in [0.25, 0.3) is 11.1 Å². The molecule has 0 aromatic heterocycles. The number of benzene rings is 2. The predicted molar refractivity (Wildman–Crippen MR) is 96.0 cm³/mol. The van der Waals surface area contributed by atoms with E-state index in [2.05, 4.69) is 4.72 Å². The van der Waals surface area contributed by atoms with Crippen LogP contribution >= 0.6 is 0 Å². The molecule has 0 saturated carbocycles. The first-order valence-corrected chi connectivity index (χ1v) is 9.59. The highest BCUT2D eigenvalue weighted by atomic mass is 32.2. The first-order valence-electron chi connectivity index (χ1n) is 7.70. The van der Waals surface area contributed by atoms with Crippen molar-refractivity contribution in [3.63, 3.8) is 0 Å². The zero-order valence-electron chi connectivity index (χ0n) is 14.3. The lowest BCUT2D eigenvalue weighted by molar-refractivity contribution is -0.144. The Kier molecular flexibility index (Phi) is 5.49. The van der Waals surface area contributed by atoms with Crippen molar-refractivity contribution in [2.24, 2.45) is 0 Å². The predicted octanol–water partition coefficient (Wildman–Crippen LogP) is 2.60. The number of hydrogen-bond acceptors (Lipinski definition) is 4. The van der Waals surface area contributed by atoms with Gasteiger partial charge in [0, 0.05) is 5.56 Å². The van der Waals surface area contributed by atoms with Gasteiger partial charge >= 0.3 is 5.97 Å². The summed E-state index contributed by atoms with van der Waals surface area (Å²) in [6.45, 7) is 1.61. The molecule has 6 nitrogen and oxygen atoms in total. The van der Waals surface area contributed by atoms with Crippen molar-refractivity contribution in [3.8, 4) is 16.9 Å². The van der Waals surface area contributed by atoms with Crippen molar-refractivity contribution in [2.75, 3.05) is 13.4 Å². The minimum atomic E-state index is -3.74. The van der Waals surface area contributed by atoms with Crippen LogP contribution in [0, 0.1) is 0 Å². The van der Waals surface area contributed by atoms with Gasteiger partial charge in [-0.2, -0.15) is 4.72 Å². The van der Waals surface area contributed by atoms with Crippen molar-refractivity contribution >= 4 is 16.0 Å². The third kappa shape index (κ3) is 4.00. The number of ether oxygens (including phenoxy) is 1. The number of hydrogen-bond donors (Lipinski definition) is 2. The molecule has 0 aliphatic heterocycles. The van der Waals surface area contributed by atoms with Gasteiger partial charge in [0.15, 0.2) is 5.54 Å². The molecule has 0 aliphatic rings. The Hall–Kier alpha value is -2.38. The Balaban J connectivity index is 2.62. The molecule has 0 heterocycles. The number of carboxylic acids is 1. The zero-order valence-corrected chi connectivity index (χ0v) is 15.1.